The van der Waals surface area contributed by atoms with Gasteiger partial charge in [0.1, 0.15) is 0 Å². The van der Waals surface area contributed by atoms with Gasteiger partial charge in [0.25, 0.3) is 0 Å². The van der Waals surface area contributed by atoms with Gasteiger partial charge in [0.05, 0.1) is 34.2 Å². The quantitative estimate of drug-likeness (QED) is 0.180. The molecule has 6 heteroatoms. The number of aliphatic imine (C=N–C) groups is 2. The van der Waals surface area contributed by atoms with Crippen molar-refractivity contribution in [1.82, 2.24) is 4.98 Å². The molecule has 3 aromatic rings. The summed E-state index contributed by atoms with van der Waals surface area (Å²) in [6.45, 7) is 26.0. The maximum atomic E-state index is 5.22. The average Bonchev–Trinajstić information content (AvgIpc) is 2.88. The van der Waals surface area contributed by atoms with E-state index in [4.69, 9.17) is 15.0 Å². The fourth-order valence-electron chi connectivity index (χ4n) is 4.97. The van der Waals surface area contributed by atoms with E-state index in [1.54, 1.807) is 0 Å². The Balaban J connectivity index is 0.00000560. The van der Waals surface area contributed by atoms with Crippen LogP contribution in [0.15, 0.2) is 71.2 Å². The van der Waals surface area contributed by atoms with Crippen LogP contribution in [0.2, 0.25) is 0 Å². The summed E-state index contributed by atoms with van der Waals surface area (Å²) in [5.74, 6) is 1.52. The number of hydrogen-bond acceptors (Lipinski definition) is 3. The van der Waals surface area contributed by atoms with Crippen molar-refractivity contribution in [3.63, 3.8) is 0 Å². The second-order valence-electron chi connectivity index (χ2n) is 11.8. The molecule has 0 unspecified atom stereocenters. The molecule has 1 aromatic heterocycles. The van der Waals surface area contributed by atoms with Gasteiger partial charge in [-0.1, -0.05) is 97.9 Å². The van der Waals surface area contributed by atoms with Crippen LogP contribution < -0.4 is 24.8 Å². The van der Waals surface area contributed by atoms with E-state index in [1.807, 2.05) is 18.2 Å². The molecule has 0 radical (unpaired) electrons. The van der Waals surface area contributed by atoms with Crippen LogP contribution in [0.4, 0.5) is 11.4 Å². The first kappa shape index (κ1) is 39.8. The molecule has 0 amide bonds. The molecule has 42 heavy (non-hydrogen) atoms. The topological polar surface area (TPSA) is 37.6 Å². The van der Waals surface area contributed by atoms with Crippen molar-refractivity contribution in [2.24, 2.45) is 9.98 Å². The molecular weight excluding hydrogens is 601 g/mol. The van der Waals surface area contributed by atoms with Crippen molar-refractivity contribution in [2.75, 3.05) is 0 Å². The Bertz CT molecular complexity index is 1330. The third kappa shape index (κ3) is 9.64. The van der Waals surface area contributed by atoms with Crippen molar-refractivity contribution >= 4 is 22.8 Å². The third-order valence-corrected chi connectivity index (χ3v) is 7.24. The van der Waals surface area contributed by atoms with Crippen molar-refractivity contribution in [3.05, 3.63) is 100 Å². The first-order valence-electron chi connectivity index (χ1n) is 14.4. The van der Waals surface area contributed by atoms with Gasteiger partial charge < -0.3 is 24.8 Å². The van der Waals surface area contributed by atoms with Crippen LogP contribution in [0, 0.1) is 0 Å². The number of para-hydroxylation sites is 1. The van der Waals surface area contributed by atoms with Crippen LogP contribution in [-0.2, 0) is 23.5 Å². The zero-order valence-corrected chi connectivity index (χ0v) is 29.5. The minimum atomic E-state index is 0. The fraction of sp³-hybridized carbons (Fsp3) is 0.417. The number of halogens is 2. The molecule has 0 aliphatic heterocycles. The summed E-state index contributed by atoms with van der Waals surface area (Å²) in [7, 11) is 0. The molecule has 0 aliphatic carbocycles. The number of nitrogens with zero attached hydrogens (tertiary/aromatic N) is 3. The van der Waals surface area contributed by atoms with Gasteiger partial charge in [0.2, 0.25) is 0 Å². The van der Waals surface area contributed by atoms with Crippen LogP contribution >= 0.6 is 0 Å². The van der Waals surface area contributed by atoms with Gasteiger partial charge in [-0.2, -0.15) is 0 Å². The van der Waals surface area contributed by atoms with E-state index in [0.29, 0.717) is 23.7 Å². The molecule has 1 heterocycles. The summed E-state index contributed by atoms with van der Waals surface area (Å²) in [6, 6.07) is 17.3. The van der Waals surface area contributed by atoms with Crippen molar-refractivity contribution in [3.8, 4) is 0 Å². The summed E-state index contributed by atoms with van der Waals surface area (Å²) in [5.41, 5.74) is 12.1. The molecular formula is C36H47Cl2FeN3. The normalized spacial score (nSPS) is 11.9. The van der Waals surface area contributed by atoms with Gasteiger partial charge in [-0.3, -0.25) is 9.98 Å². The fourth-order valence-corrected chi connectivity index (χ4v) is 4.97. The predicted molar refractivity (Wildman–Crippen MR) is 171 cm³/mol. The zero-order valence-electron chi connectivity index (χ0n) is 26.9. The van der Waals surface area contributed by atoms with Crippen LogP contribution in [0.25, 0.3) is 0 Å². The summed E-state index contributed by atoms with van der Waals surface area (Å²) in [6.07, 6.45) is 2.84. The molecule has 0 fully saturated rings. The Labute approximate surface area is 278 Å². The van der Waals surface area contributed by atoms with Gasteiger partial charge in [-0.05, 0) is 83.9 Å². The Morgan fingerprint density at radius 1 is 0.667 bits per heavy atom. The Kier molecular flexibility index (Phi) is 16.8. The summed E-state index contributed by atoms with van der Waals surface area (Å²) < 4.78 is 0. The largest absolute Gasteiger partial charge is 2.00 e. The van der Waals surface area contributed by atoms with Gasteiger partial charge in [-0.25, -0.2) is 4.98 Å². The number of hydrogen-bond donors (Lipinski definition) is 0. The van der Waals surface area contributed by atoms with Gasteiger partial charge in [-0.15, -0.1) is 6.58 Å². The molecule has 0 spiro atoms. The molecule has 3 nitrogen and oxygen atoms in total. The van der Waals surface area contributed by atoms with Crippen molar-refractivity contribution < 1.29 is 41.9 Å². The third-order valence-electron chi connectivity index (χ3n) is 7.24. The molecule has 0 saturated heterocycles. The van der Waals surface area contributed by atoms with Crippen LogP contribution in [0.1, 0.15) is 132 Å². The Morgan fingerprint density at radius 3 is 1.38 bits per heavy atom. The number of allylic oxidation sites excluding steroid dienone is 1. The maximum absolute atomic E-state index is 5.22. The second kappa shape index (κ2) is 17.8. The summed E-state index contributed by atoms with van der Waals surface area (Å²) >= 11 is 0. The minimum Gasteiger partial charge on any atom is -1.00 e. The number of rotatable bonds is 10. The minimum absolute atomic E-state index is 0. The van der Waals surface area contributed by atoms with E-state index in [-0.39, 0.29) is 41.9 Å². The van der Waals surface area contributed by atoms with E-state index < -0.39 is 0 Å². The van der Waals surface area contributed by atoms with E-state index in [9.17, 15) is 0 Å². The Hall–Kier alpha value is -2.23. The molecule has 0 atom stereocenters. The molecule has 0 N–H and O–H groups in total. The first-order valence-corrected chi connectivity index (χ1v) is 14.4. The Morgan fingerprint density at radius 2 is 1.02 bits per heavy atom. The molecule has 2 aromatic carbocycles. The number of benzene rings is 2. The second-order valence-corrected chi connectivity index (χ2v) is 11.8. The molecule has 0 aliphatic rings. The van der Waals surface area contributed by atoms with Crippen LogP contribution in [-0.4, -0.2) is 16.4 Å². The summed E-state index contributed by atoms with van der Waals surface area (Å²) in [5, 5.41) is 0. The summed E-state index contributed by atoms with van der Waals surface area (Å²) in [4.78, 5) is 15.4. The van der Waals surface area contributed by atoms with E-state index in [1.165, 1.54) is 27.8 Å². The monoisotopic (exact) mass is 647 g/mol. The molecule has 0 bridgehead atoms. The molecule has 3 rings (SSSR count). The SMILES string of the molecule is C=CCc1cc(C(C)C)c(N=C(C)c2cccc(C(C)=Nc3c(C(C)C)cccc3C(C)C)n2)c(C(C)C)c1.[Cl-].[Cl-].[Fe+2]. The number of pyridine rings is 1. The van der Waals surface area contributed by atoms with Crippen molar-refractivity contribution in [2.45, 2.75) is 99.3 Å². The first-order chi connectivity index (χ1) is 18.4. The molecule has 0 saturated carbocycles. The van der Waals surface area contributed by atoms with Gasteiger partial charge in [0, 0.05) is 0 Å². The van der Waals surface area contributed by atoms with Crippen molar-refractivity contribution in [1.29, 1.82) is 0 Å². The number of aromatic nitrogens is 1. The van der Waals surface area contributed by atoms with E-state index in [2.05, 4.69) is 112 Å². The van der Waals surface area contributed by atoms with Crippen LogP contribution in [0.5, 0.6) is 0 Å². The molecule has 228 valence electrons. The average molecular weight is 649 g/mol. The zero-order chi connectivity index (χ0) is 28.9. The maximum Gasteiger partial charge on any atom is 2.00 e. The van der Waals surface area contributed by atoms with E-state index >= 15 is 0 Å². The van der Waals surface area contributed by atoms with Gasteiger partial charge in [0.15, 0.2) is 0 Å². The smallest absolute Gasteiger partial charge is 1.00 e. The van der Waals surface area contributed by atoms with E-state index in [0.717, 1.165) is 40.6 Å². The van der Waals surface area contributed by atoms with Crippen LogP contribution in [0.3, 0.4) is 0 Å². The predicted octanol–water partition coefficient (Wildman–Crippen LogP) is 4.59. The standard InChI is InChI=1S/C36H47N3.2ClH.Fe/c1-12-15-28-20-31(24(6)7)36(32(21-28)25(8)9)38-27(11)34-19-14-18-33(39-34)26(10)37-35-29(22(2)3)16-13-17-30(35)23(4)5;;;/h12-14,16-25H,1,15H2,2-11H3;2*1H;/q;;;+2/p-2. The van der Waals surface area contributed by atoms with Gasteiger partial charge >= 0.3 is 17.1 Å².